The Morgan fingerprint density at radius 2 is 0.570 bits per heavy atom. The third-order valence-electron chi connectivity index (χ3n) is 15.6. The maximum Gasteiger partial charge on any atom is 0.472 e. The summed E-state index contributed by atoms with van der Waals surface area (Å²) in [5.41, 5.74) is 0. The third-order valence-corrected chi connectivity index (χ3v) is 17.5. The van der Waals surface area contributed by atoms with Crippen LogP contribution in [-0.2, 0) is 55.8 Å². The Balaban J connectivity index is 4.51. The van der Waals surface area contributed by atoms with E-state index in [2.05, 4.69) is 106 Å². The summed E-state index contributed by atoms with van der Waals surface area (Å²) in [4.78, 5) is 58.5. The maximum atomic E-state index is 12.9. The predicted molar refractivity (Wildman–Crippen MR) is 381 cm³/mol. The number of phosphoric acid groups is 2. The van der Waals surface area contributed by atoms with Gasteiger partial charge in [0.25, 0.3) is 0 Å². The maximum absolute atomic E-state index is 12.9. The molecule has 4 N–H and O–H groups in total. The molecule has 0 radical (unpaired) electrons. The average molecular weight is 1350 g/mol. The average Bonchev–Trinajstić information content (AvgIpc) is 3.26. The minimum Gasteiger partial charge on any atom is -0.463 e. The summed E-state index contributed by atoms with van der Waals surface area (Å²) in [6.07, 6.45) is 74.9. The Hall–Kier alpha value is -3.27. The fourth-order valence-corrected chi connectivity index (χ4v) is 11.6. The van der Waals surface area contributed by atoms with Crippen molar-refractivity contribution < 1.29 is 75.8 Å². The Bertz CT molecular complexity index is 2040. The standard InChI is InChI=1S/C75H134O16P2/c1-4-7-10-13-16-19-22-25-28-29-30-31-32-33-34-35-36-37-38-39-42-44-46-49-52-55-58-61-73(78)85-64-70(76)65-87-92(81,82)88-66-71(77)67-89-93(83,84)90-69-72(91-75(80)63-60-57-54-51-48-45-41-27-24-21-18-15-12-9-6-3)68-86-74(79)62-59-56-53-50-47-43-40-26-23-20-17-14-11-8-5-2/h8,11,16-17,19-20,25-26,28,30-31,33-34,40,70-72,76-77H,4-7,9-10,12-15,18,21-24,27,29,32,35-39,41-69H2,1-3H3,(H,81,82)(H,83,84)/b11-8-,19-16-,20-17-,28-25-,31-30-,34-33-,40-26-. The van der Waals surface area contributed by atoms with Gasteiger partial charge in [-0.05, 0) is 96.3 Å². The fourth-order valence-electron chi connectivity index (χ4n) is 9.98. The van der Waals surface area contributed by atoms with E-state index in [1.807, 2.05) is 0 Å². The number of phosphoric ester groups is 2. The Kier molecular flexibility index (Phi) is 66.2. The molecular weight excluding hydrogens is 1220 g/mol. The smallest absolute Gasteiger partial charge is 0.463 e. The van der Waals surface area contributed by atoms with E-state index in [0.29, 0.717) is 19.3 Å². The van der Waals surface area contributed by atoms with Crippen molar-refractivity contribution in [3.05, 3.63) is 85.1 Å². The van der Waals surface area contributed by atoms with E-state index in [1.54, 1.807) is 0 Å². The van der Waals surface area contributed by atoms with Crippen molar-refractivity contribution in [1.29, 1.82) is 0 Å². The number of ether oxygens (including phenoxy) is 3. The minimum absolute atomic E-state index is 0.105. The molecule has 93 heavy (non-hydrogen) atoms. The summed E-state index contributed by atoms with van der Waals surface area (Å²) in [5.74, 6) is -1.58. The molecule has 18 heteroatoms. The molecular formula is C75H134O16P2. The van der Waals surface area contributed by atoms with E-state index < -0.39 is 91.5 Å². The topological polar surface area (TPSA) is 231 Å². The summed E-state index contributed by atoms with van der Waals surface area (Å²) in [6, 6.07) is 0. The lowest BCUT2D eigenvalue weighted by molar-refractivity contribution is -0.161. The van der Waals surface area contributed by atoms with Gasteiger partial charge in [-0.1, -0.05) is 286 Å². The number of aliphatic hydroxyl groups is 2. The lowest BCUT2D eigenvalue weighted by Crippen LogP contribution is -2.30. The van der Waals surface area contributed by atoms with E-state index in [1.165, 1.54) is 135 Å². The lowest BCUT2D eigenvalue weighted by atomic mass is 10.0. The molecule has 0 saturated heterocycles. The Morgan fingerprint density at radius 3 is 0.925 bits per heavy atom. The summed E-state index contributed by atoms with van der Waals surface area (Å²) in [5, 5.41) is 20.6. The van der Waals surface area contributed by atoms with Crippen molar-refractivity contribution in [2.24, 2.45) is 0 Å². The van der Waals surface area contributed by atoms with Crippen LogP contribution in [0.25, 0.3) is 0 Å². The highest BCUT2D eigenvalue weighted by Gasteiger charge is 2.29. The van der Waals surface area contributed by atoms with Crippen molar-refractivity contribution in [3.63, 3.8) is 0 Å². The number of hydrogen-bond donors (Lipinski definition) is 4. The van der Waals surface area contributed by atoms with E-state index in [-0.39, 0.29) is 19.3 Å². The van der Waals surface area contributed by atoms with Crippen LogP contribution in [0, 0.1) is 0 Å². The first-order valence-electron chi connectivity index (χ1n) is 36.9. The summed E-state index contributed by atoms with van der Waals surface area (Å²) >= 11 is 0. The molecule has 0 spiro atoms. The number of carbonyl (C=O) groups excluding carboxylic acids is 3. The molecule has 0 aliphatic rings. The quantitative estimate of drug-likeness (QED) is 0.0146. The lowest BCUT2D eigenvalue weighted by Gasteiger charge is -2.21. The monoisotopic (exact) mass is 1350 g/mol. The molecule has 0 aliphatic carbocycles. The molecule has 5 atom stereocenters. The zero-order valence-electron chi connectivity index (χ0n) is 58.7. The SMILES string of the molecule is CC/C=C\C/C=C\C/C=C\CCCCCCCC(=O)OCC(COP(=O)(O)OCC(O)COP(=O)(O)OCC(O)COC(=O)CCCCCCCCCCCCC/C=C\C/C=C\C/C=C\C/C=C\CCCCC)OC(=O)CCCCCCCCCCCCCCCCC. The van der Waals surface area contributed by atoms with Gasteiger partial charge in [0, 0.05) is 19.3 Å². The number of carbonyl (C=O) groups is 3. The van der Waals surface area contributed by atoms with Gasteiger partial charge < -0.3 is 34.2 Å². The van der Waals surface area contributed by atoms with Gasteiger partial charge in [0.1, 0.15) is 25.4 Å². The molecule has 16 nitrogen and oxygen atoms in total. The number of rotatable bonds is 70. The Labute approximate surface area is 565 Å². The molecule has 0 aromatic carbocycles. The van der Waals surface area contributed by atoms with Gasteiger partial charge in [0.2, 0.25) is 0 Å². The van der Waals surface area contributed by atoms with Gasteiger partial charge in [-0.3, -0.25) is 32.5 Å². The van der Waals surface area contributed by atoms with E-state index >= 15 is 0 Å². The highest BCUT2D eigenvalue weighted by molar-refractivity contribution is 7.47. The van der Waals surface area contributed by atoms with Crippen LogP contribution in [0.1, 0.15) is 316 Å². The molecule has 0 bridgehead atoms. The molecule has 0 aliphatic heterocycles. The van der Waals surface area contributed by atoms with Crippen molar-refractivity contribution in [1.82, 2.24) is 0 Å². The van der Waals surface area contributed by atoms with Crippen LogP contribution in [-0.4, -0.2) is 95.9 Å². The van der Waals surface area contributed by atoms with E-state index in [0.717, 1.165) is 122 Å². The fraction of sp³-hybridized carbons (Fsp3) is 0.773. The first kappa shape index (κ1) is 89.7. The Morgan fingerprint density at radius 1 is 0.312 bits per heavy atom. The molecule has 0 amide bonds. The molecule has 0 heterocycles. The molecule has 5 unspecified atom stereocenters. The van der Waals surface area contributed by atoms with Crippen LogP contribution in [0.15, 0.2) is 85.1 Å². The largest absolute Gasteiger partial charge is 0.472 e. The molecule has 0 fully saturated rings. The van der Waals surface area contributed by atoms with Crippen molar-refractivity contribution >= 4 is 33.6 Å². The van der Waals surface area contributed by atoms with Crippen molar-refractivity contribution in [3.8, 4) is 0 Å². The summed E-state index contributed by atoms with van der Waals surface area (Å²) in [6.45, 7) is 2.55. The van der Waals surface area contributed by atoms with Crippen LogP contribution in [0.4, 0.5) is 0 Å². The second-order valence-corrected chi connectivity index (χ2v) is 27.6. The van der Waals surface area contributed by atoms with Crippen molar-refractivity contribution in [2.45, 2.75) is 334 Å². The molecule has 0 aromatic heterocycles. The van der Waals surface area contributed by atoms with E-state index in [4.69, 9.17) is 32.3 Å². The van der Waals surface area contributed by atoms with Gasteiger partial charge in [0.05, 0.1) is 26.4 Å². The summed E-state index contributed by atoms with van der Waals surface area (Å²) in [7, 11) is -9.78. The van der Waals surface area contributed by atoms with Crippen LogP contribution in [0.5, 0.6) is 0 Å². The third kappa shape index (κ3) is 69.9. The minimum atomic E-state index is -4.92. The first-order valence-corrected chi connectivity index (χ1v) is 39.9. The van der Waals surface area contributed by atoms with Crippen LogP contribution >= 0.6 is 15.6 Å². The number of aliphatic hydroxyl groups excluding tert-OH is 2. The number of allylic oxidation sites excluding steroid dienone is 14. The highest BCUT2D eigenvalue weighted by atomic mass is 31.2. The zero-order valence-corrected chi connectivity index (χ0v) is 60.5. The molecule has 0 rings (SSSR count). The highest BCUT2D eigenvalue weighted by Crippen LogP contribution is 2.45. The number of esters is 3. The first-order chi connectivity index (χ1) is 45.2. The van der Waals surface area contributed by atoms with Gasteiger partial charge in [-0.2, -0.15) is 0 Å². The number of unbranched alkanes of at least 4 members (excludes halogenated alkanes) is 33. The van der Waals surface area contributed by atoms with Crippen LogP contribution in [0.3, 0.4) is 0 Å². The second-order valence-electron chi connectivity index (χ2n) is 24.7. The zero-order chi connectivity index (χ0) is 68.1. The van der Waals surface area contributed by atoms with Crippen molar-refractivity contribution in [2.75, 3.05) is 39.6 Å². The normalized spacial score (nSPS) is 14.6. The molecule has 0 aromatic rings. The molecule has 0 saturated carbocycles. The molecule has 540 valence electrons. The predicted octanol–water partition coefficient (Wildman–Crippen LogP) is 20.9. The number of hydrogen-bond acceptors (Lipinski definition) is 14. The van der Waals surface area contributed by atoms with Gasteiger partial charge in [-0.25, -0.2) is 9.13 Å². The second kappa shape index (κ2) is 68.7. The van der Waals surface area contributed by atoms with Crippen LogP contribution < -0.4 is 0 Å². The van der Waals surface area contributed by atoms with Crippen LogP contribution in [0.2, 0.25) is 0 Å². The van der Waals surface area contributed by atoms with Gasteiger partial charge in [0.15, 0.2) is 6.10 Å². The summed E-state index contributed by atoms with van der Waals surface area (Å²) < 4.78 is 61.0. The van der Waals surface area contributed by atoms with Gasteiger partial charge >= 0.3 is 33.6 Å². The van der Waals surface area contributed by atoms with E-state index in [9.17, 15) is 43.5 Å². The van der Waals surface area contributed by atoms with Gasteiger partial charge in [-0.15, -0.1) is 0 Å².